The first-order chi connectivity index (χ1) is 13.4. The van der Waals surface area contributed by atoms with Crippen molar-refractivity contribution in [3.8, 4) is 17.1 Å². The molecule has 1 atom stereocenters. The van der Waals surface area contributed by atoms with Crippen molar-refractivity contribution < 1.29 is 14.6 Å². The number of Topliss-reactive ketones (excluding diaryl/α,β-unsaturated/α-hetero) is 1. The van der Waals surface area contributed by atoms with Gasteiger partial charge in [-0.3, -0.25) is 4.79 Å². The second-order valence-electron chi connectivity index (χ2n) is 6.40. The molecule has 3 aromatic rings. The fraction of sp³-hybridized carbons (Fsp3) is 0.250. The third-order valence-electron chi connectivity index (χ3n) is 4.08. The summed E-state index contributed by atoms with van der Waals surface area (Å²) in [5.74, 6) is 7.61. The summed E-state index contributed by atoms with van der Waals surface area (Å²) in [6.45, 7) is 3.65. The van der Waals surface area contributed by atoms with E-state index in [1.807, 2.05) is 31.2 Å². The lowest BCUT2D eigenvalue weighted by atomic mass is 10.1. The van der Waals surface area contributed by atoms with E-state index in [4.69, 9.17) is 10.6 Å². The van der Waals surface area contributed by atoms with Crippen molar-refractivity contribution in [2.75, 3.05) is 18.2 Å². The van der Waals surface area contributed by atoms with Crippen LogP contribution in [0, 0.1) is 6.92 Å². The summed E-state index contributed by atoms with van der Waals surface area (Å²) in [7, 11) is 0. The summed E-state index contributed by atoms with van der Waals surface area (Å²) in [4.78, 5) is 11.3. The Morgan fingerprint density at radius 1 is 1.18 bits per heavy atom. The molecular formula is C20H22N4O3S. The van der Waals surface area contributed by atoms with Gasteiger partial charge >= 0.3 is 0 Å². The first kappa shape index (κ1) is 19.9. The number of carbonyl (C=O) groups excluding carboxylic acids is 1. The van der Waals surface area contributed by atoms with Crippen molar-refractivity contribution in [2.24, 2.45) is 0 Å². The predicted molar refractivity (Wildman–Crippen MR) is 109 cm³/mol. The minimum absolute atomic E-state index is 0.00103. The van der Waals surface area contributed by atoms with Crippen LogP contribution in [0.5, 0.6) is 5.75 Å². The Balaban J connectivity index is 1.52. The average molecular weight is 398 g/mol. The molecular weight excluding hydrogens is 376 g/mol. The molecule has 8 heteroatoms. The molecule has 1 aromatic heterocycles. The number of carbonyl (C=O) groups is 1. The third kappa shape index (κ3) is 4.90. The number of hydrogen-bond donors (Lipinski definition) is 2. The van der Waals surface area contributed by atoms with E-state index in [0.717, 1.165) is 11.1 Å². The fourth-order valence-electron chi connectivity index (χ4n) is 2.47. The number of nitrogens with two attached hydrogens (primary N) is 1. The van der Waals surface area contributed by atoms with Crippen LogP contribution in [-0.2, 0) is 0 Å². The summed E-state index contributed by atoms with van der Waals surface area (Å²) in [6, 6.07) is 14.7. The number of thioether (sulfide) groups is 1. The molecule has 1 unspecified atom stereocenters. The van der Waals surface area contributed by atoms with E-state index in [9.17, 15) is 9.90 Å². The van der Waals surface area contributed by atoms with E-state index < -0.39 is 6.10 Å². The Bertz CT molecular complexity index is 939. The Kier molecular flexibility index (Phi) is 6.33. The predicted octanol–water partition coefficient (Wildman–Crippen LogP) is 2.70. The standard InChI is InChI=1S/C20H22N4O3S/c1-13-3-5-16(6-4-13)19-22-23-20(24(19)21)28-12-17(26)11-27-18-9-7-15(8-10-18)14(2)25/h3-10,17,26H,11-12,21H2,1-2H3. The van der Waals surface area contributed by atoms with Crippen LogP contribution in [0.25, 0.3) is 11.4 Å². The molecule has 146 valence electrons. The molecule has 2 aromatic carbocycles. The molecule has 3 N–H and O–H groups in total. The highest BCUT2D eigenvalue weighted by Gasteiger charge is 2.14. The molecule has 1 heterocycles. The summed E-state index contributed by atoms with van der Waals surface area (Å²) >= 11 is 1.30. The first-order valence-electron chi connectivity index (χ1n) is 8.76. The van der Waals surface area contributed by atoms with Crippen LogP contribution in [0.4, 0.5) is 0 Å². The second-order valence-corrected chi connectivity index (χ2v) is 7.39. The lowest BCUT2D eigenvalue weighted by Gasteiger charge is -2.12. The highest BCUT2D eigenvalue weighted by molar-refractivity contribution is 7.99. The van der Waals surface area contributed by atoms with Gasteiger partial charge in [-0.25, -0.2) is 4.68 Å². The molecule has 0 aliphatic carbocycles. The quantitative estimate of drug-likeness (QED) is 0.342. The van der Waals surface area contributed by atoms with Crippen LogP contribution in [0.3, 0.4) is 0 Å². The number of nitrogens with zero attached hydrogens (tertiary/aromatic N) is 3. The highest BCUT2D eigenvalue weighted by Crippen LogP contribution is 2.22. The van der Waals surface area contributed by atoms with Gasteiger partial charge in [-0.1, -0.05) is 41.6 Å². The maximum absolute atomic E-state index is 11.3. The third-order valence-corrected chi connectivity index (χ3v) is 5.17. The Morgan fingerprint density at radius 3 is 2.50 bits per heavy atom. The van der Waals surface area contributed by atoms with Crippen LogP contribution < -0.4 is 10.6 Å². The van der Waals surface area contributed by atoms with Gasteiger partial charge in [0.2, 0.25) is 5.16 Å². The Labute approximate surface area is 167 Å². The van der Waals surface area contributed by atoms with Crippen molar-refractivity contribution in [1.29, 1.82) is 0 Å². The molecule has 0 fully saturated rings. The number of aliphatic hydroxyl groups is 1. The van der Waals surface area contributed by atoms with Crippen LogP contribution >= 0.6 is 11.8 Å². The number of aromatic nitrogens is 3. The van der Waals surface area contributed by atoms with E-state index in [2.05, 4.69) is 10.2 Å². The molecule has 0 aliphatic heterocycles. The second kappa shape index (κ2) is 8.90. The maximum Gasteiger partial charge on any atom is 0.210 e. The molecule has 7 nitrogen and oxygen atoms in total. The minimum Gasteiger partial charge on any atom is -0.491 e. The lowest BCUT2D eigenvalue weighted by molar-refractivity contribution is 0.101. The highest BCUT2D eigenvalue weighted by atomic mass is 32.2. The van der Waals surface area contributed by atoms with Crippen molar-refractivity contribution >= 4 is 17.5 Å². The zero-order chi connectivity index (χ0) is 20.1. The number of rotatable bonds is 8. The molecule has 0 saturated carbocycles. The smallest absolute Gasteiger partial charge is 0.210 e. The summed E-state index contributed by atoms with van der Waals surface area (Å²) in [6.07, 6.45) is -0.711. The van der Waals surface area contributed by atoms with E-state index in [-0.39, 0.29) is 12.4 Å². The van der Waals surface area contributed by atoms with Crippen molar-refractivity contribution in [1.82, 2.24) is 14.9 Å². The van der Waals surface area contributed by atoms with Crippen molar-refractivity contribution in [2.45, 2.75) is 25.1 Å². The van der Waals surface area contributed by atoms with Gasteiger partial charge in [-0.05, 0) is 38.1 Å². The topological polar surface area (TPSA) is 103 Å². The molecule has 0 saturated heterocycles. The van der Waals surface area contributed by atoms with E-state index in [1.54, 1.807) is 24.3 Å². The number of benzene rings is 2. The van der Waals surface area contributed by atoms with Crippen LogP contribution in [-0.4, -0.2) is 44.2 Å². The van der Waals surface area contributed by atoms with Gasteiger partial charge in [0.05, 0.1) is 6.10 Å². The van der Waals surface area contributed by atoms with Crippen LogP contribution in [0.15, 0.2) is 53.7 Å². The zero-order valence-corrected chi connectivity index (χ0v) is 16.5. The molecule has 0 amide bonds. The van der Waals surface area contributed by atoms with Gasteiger partial charge in [0.25, 0.3) is 0 Å². The maximum atomic E-state index is 11.3. The monoisotopic (exact) mass is 398 g/mol. The normalized spacial score (nSPS) is 12.0. The van der Waals surface area contributed by atoms with Crippen LogP contribution in [0.1, 0.15) is 22.8 Å². The number of aliphatic hydroxyl groups excluding tert-OH is 1. The molecule has 0 aliphatic rings. The van der Waals surface area contributed by atoms with Crippen molar-refractivity contribution in [3.05, 3.63) is 59.7 Å². The lowest BCUT2D eigenvalue weighted by Crippen LogP contribution is -2.21. The van der Waals surface area contributed by atoms with Gasteiger partial charge in [-0.2, -0.15) is 0 Å². The van der Waals surface area contributed by atoms with E-state index in [0.29, 0.717) is 28.0 Å². The number of aryl methyl sites for hydroxylation is 1. The molecule has 0 bridgehead atoms. The van der Waals surface area contributed by atoms with Gasteiger partial charge in [0, 0.05) is 16.9 Å². The number of ketones is 1. The Hall–Kier alpha value is -2.84. The number of nitrogen functional groups attached to an aromatic ring is 1. The van der Waals surface area contributed by atoms with Crippen molar-refractivity contribution in [3.63, 3.8) is 0 Å². The molecule has 0 spiro atoms. The molecule has 0 radical (unpaired) electrons. The van der Waals surface area contributed by atoms with Gasteiger partial charge in [-0.15, -0.1) is 10.2 Å². The Morgan fingerprint density at radius 2 is 1.86 bits per heavy atom. The molecule has 28 heavy (non-hydrogen) atoms. The SMILES string of the molecule is CC(=O)c1ccc(OCC(O)CSc2nnc(-c3ccc(C)cc3)n2N)cc1. The van der Waals surface area contributed by atoms with E-state index in [1.165, 1.54) is 23.4 Å². The molecule has 3 rings (SSSR count). The van der Waals surface area contributed by atoms with E-state index >= 15 is 0 Å². The summed E-state index contributed by atoms with van der Waals surface area (Å²) < 4.78 is 6.98. The number of hydrogen-bond acceptors (Lipinski definition) is 7. The fourth-order valence-corrected chi connectivity index (χ4v) is 3.23. The number of ether oxygens (including phenoxy) is 1. The summed E-state index contributed by atoms with van der Waals surface area (Å²) in [5, 5.41) is 18.9. The van der Waals surface area contributed by atoms with Gasteiger partial charge in [0.15, 0.2) is 11.6 Å². The summed E-state index contributed by atoms with van der Waals surface area (Å²) in [5.41, 5.74) is 2.65. The van der Waals surface area contributed by atoms with Crippen LogP contribution in [0.2, 0.25) is 0 Å². The minimum atomic E-state index is -0.711. The first-order valence-corrected chi connectivity index (χ1v) is 9.75. The average Bonchev–Trinajstić information content (AvgIpc) is 3.06. The van der Waals surface area contributed by atoms with Gasteiger partial charge in [0.1, 0.15) is 12.4 Å². The van der Waals surface area contributed by atoms with Gasteiger partial charge < -0.3 is 15.7 Å². The largest absolute Gasteiger partial charge is 0.491 e. The zero-order valence-electron chi connectivity index (χ0n) is 15.7.